The summed E-state index contributed by atoms with van der Waals surface area (Å²) in [6, 6.07) is 73.1. The van der Waals surface area contributed by atoms with Gasteiger partial charge in [-0.15, -0.1) is 0 Å². The highest BCUT2D eigenvalue weighted by atomic mass is 15.3. The highest BCUT2D eigenvalue weighted by Crippen LogP contribution is 2.48. The third-order valence-electron chi connectivity index (χ3n) is 11.1. The van der Waals surface area contributed by atoms with Crippen LogP contribution >= 0.6 is 0 Å². The molecule has 9 aromatic rings. The average molecular weight is 715 g/mol. The molecule has 56 heavy (non-hydrogen) atoms. The molecule has 14 rings (SSSR count). The molecule has 0 saturated carbocycles. The molecule has 262 valence electrons. The van der Waals surface area contributed by atoms with E-state index in [1.165, 1.54) is 21.9 Å². The van der Waals surface area contributed by atoms with E-state index in [0.29, 0.717) is 5.84 Å². The molecule has 0 amide bonds. The lowest BCUT2D eigenvalue weighted by atomic mass is 9.86. The number of aromatic nitrogens is 2. The Morgan fingerprint density at radius 2 is 0.893 bits per heavy atom. The molecular weight excluding hydrogens is 681 g/mol. The van der Waals surface area contributed by atoms with Crippen LogP contribution in [0.1, 0.15) is 16.7 Å². The van der Waals surface area contributed by atoms with Gasteiger partial charge in [0, 0.05) is 33.4 Å². The van der Waals surface area contributed by atoms with Crippen molar-refractivity contribution in [2.75, 3.05) is 0 Å². The fourth-order valence-corrected chi connectivity index (χ4v) is 8.57. The van der Waals surface area contributed by atoms with E-state index in [2.05, 4.69) is 193 Å². The van der Waals surface area contributed by atoms with Gasteiger partial charge in [-0.3, -0.25) is 4.57 Å². The first-order valence-corrected chi connectivity index (χ1v) is 19.0. The summed E-state index contributed by atoms with van der Waals surface area (Å²) in [5.41, 5.74) is 12.2. The maximum absolute atomic E-state index is 5.87. The predicted molar refractivity (Wildman–Crippen MR) is 230 cm³/mol. The maximum atomic E-state index is 5.87. The quantitative estimate of drug-likeness (QED) is 0.179. The molecule has 1 atom stereocenters. The number of benzene rings is 8. The van der Waals surface area contributed by atoms with Crippen LogP contribution in [-0.2, 0) is 5.66 Å². The van der Waals surface area contributed by atoms with Gasteiger partial charge in [0.2, 0.25) is 5.66 Å². The van der Waals surface area contributed by atoms with Crippen LogP contribution in [0.25, 0.3) is 66.9 Å². The van der Waals surface area contributed by atoms with E-state index >= 15 is 0 Å². The zero-order valence-corrected chi connectivity index (χ0v) is 30.4. The maximum Gasteiger partial charge on any atom is 0.209 e. The number of aliphatic imine (C=N–C) groups is 2. The van der Waals surface area contributed by atoms with Crippen LogP contribution in [0.3, 0.4) is 0 Å². The zero-order valence-electron chi connectivity index (χ0n) is 30.4. The first-order valence-electron chi connectivity index (χ1n) is 19.0. The van der Waals surface area contributed by atoms with Gasteiger partial charge in [-0.05, 0) is 33.0 Å². The minimum absolute atomic E-state index is 0.670. The number of hydrogen-bond acceptors (Lipinski definition) is 3. The summed E-state index contributed by atoms with van der Waals surface area (Å²) < 4.78 is 2.37. The van der Waals surface area contributed by atoms with Gasteiger partial charge in [-0.1, -0.05) is 206 Å². The molecule has 4 bridgehead atoms. The van der Waals surface area contributed by atoms with Gasteiger partial charge in [0.15, 0.2) is 5.84 Å². The van der Waals surface area contributed by atoms with Gasteiger partial charge in [0.25, 0.3) is 0 Å². The molecule has 1 spiro atoms. The number of nitrogens with zero attached hydrogens (tertiary/aromatic N) is 4. The first-order chi connectivity index (χ1) is 27.8. The molecule has 0 N–H and O–H groups in total. The molecule has 1 unspecified atom stereocenters. The molecule has 8 aromatic carbocycles. The Hall–Kier alpha value is -7.43. The minimum atomic E-state index is -1.17. The Kier molecular flexibility index (Phi) is 7.36. The number of imidazole rings is 1. The zero-order chi connectivity index (χ0) is 37.1. The smallest absolute Gasteiger partial charge is 0.209 e. The summed E-state index contributed by atoms with van der Waals surface area (Å²) >= 11 is 0. The Bertz CT molecular complexity index is 2960. The molecule has 0 aliphatic carbocycles. The molecule has 4 heteroatoms. The van der Waals surface area contributed by atoms with E-state index in [9.17, 15) is 0 Å². The molecule has 4 nitrogen and oxygen atoms in total. The molecule has 1 aromatic heterocycles. The lowest BCUT2D eigenvalue weighted by Crippen LogP contribution is -2.41. The topological polar surface area (TPSA) is 42.5 Å². The highest BCUT2D eigenvalue weighted by molar-refractivity contribution is 6.21. The van der Waals surface area contributed by atoms with E-state index in [0.717, 1.165) is 67.4 Å². The van der Waals surface area contributed by atoms with Crippen LogP contribution in [0.4, 0.5) is 0 Å². The first kappa shape index (κ1) is 32.0. The summed E-state index contributed by atoms with van der Waals surface area (Å²) in [5.74, 6) is 1.47. The van der Waals surface area contributed by atoms with Crippen molar-refractivity contribution in [1.29, 1.82) is 0 Å². The Labute approximate surface area is 325 Å². The van der Waals surface area contributed by atoms with Crippen molar-refractivity contribution in [2.45, 2.75) is 5.66 Å². The van der Waals surface area contributed by atoms with Crippen LogP contribution in [0.2, 0.25) is 0 Å². The molecule has 0 fully saturated rings. The summed E-state index contributed by atoms with van der Waals surface area (Å²) in [7, 11) is 0. The summed E-state index contributed by atoms with van der Waals surface area (Å²) in [6.45, 7) is 0. The van der Waals surface area contributed by atoms with Crippen LogP contribution < -0.4 is 0 Å². The van der Waals surface area contributed by atoms with Gasteiger partial charge in [0.1, 0.15) is 11.5 Å². The third-order valence-corrected chi connectivity index (χ3v) is 11.1. The van der Waals surface area contributed by atoms with Crippen molar-refractivity contribution in [3.8, 4) is 56.2 Å². The van der Waals surface area contributed by atoms with Crippen molar-refractivity contribution in [3.05, 3.63) is 223 Å². The van der Waals surface area contributed by atoms with Crippen molar-refractivity contribution >= 4 is 22.3 Å². The van der Waals surface area contributed by atoms with Crippen LogP contribution in [-0.4, -0.2) is 21.1 Å². The lowest BCUT2D eigenvalue weighted by Gasteiger charge is -2.34. The summed E-state index contributed by atoms with van der Waals surface area (Å²) in [6.07, 6.45) is 0. The third kappa shape index (κ3) is 4.96. The monoisotopic (exact) mass is 714 g/mol. The van der Waals surface area contributed by atoms with E-state index in [4.69, 9.17) is 15.0 Å². The second-order valence-corrected chi connectivity index (χ2v) is 14.4. The Morgan fingerprint density at radius 3 is 1.48 bits per heavy atom. The van der Waals surface area contributed by atoms with Crippen LogP contribution in [0, 0.1) is 0 Å². The summed E-state index contributed by atoms with van der Waals surface area (Å²) in [5, 5.41) is 2.44. The van der Waals surface area contributed by atoms with Gasteiger partial charge < -0.3 is 0 Å². The van der Waals surface area contributed by atoms with Crippen molar-refractivity contribution < 1.29 is 0 Å². The largest absolute Gasteiger partial charge is 0.288 e. The van der Waals surface area contributed by atoms with Gasteiger partial charge >= 0.3 is 0 Å². The molecule has 0 saturated heterocycles. The number of amidine groups is 1. The van der Waals surface area contributed by atoms with Gasteiger partial charge in [-0.25, -0.2) is 15.0 Å². The fourth-order valence-electron chi connectivity index (χ4n) is 8.57. The highest BCUT2D eigenvalue weighted by Gasteiger charge is 2.48. The van der Waals surface area contributed by atoms with Crippen LogP contribution in [0.5, 0.6) is 0 Å². The Balaban J connectivity index is 1.34. The average Bonchev–Trinajstić information content (AvgIpc) is 3.88. The molecule has 0 radical (unpaired) electrons. The van der Waals surface area contributed by atoms with Crippen molar-refractivity contribution in [1.82, 2.24) is 9.55 Å². The predicted octanol–water partition coefficient (Wildman–Crippen LogP) is 12.3. The molecular formula is C52H34N4. The van der Waals surface area contributed by atoms with Gasteiger partial charge in [-0.2, -0.15) is 0 Å². The normalized spacial score (nSPS) is 15.4. The van der Waals surface area contributed by atoms with Gasteiger partial charge in [0.05, 0.1) is 11.4 Å². The van der Waals surface area contributed by atoms with Crippen LogP contribution in [0.15, 0.2) is 216 Å². The summed E-state index contributed by atoms with van der Waals surface area (Å²) in [4.78, 5) is 17.1. The lowest BCUT2D eigenvalue weighted by molar-refractivity contribution is 0.526. The fraction of sp³-hybridized carbons (Fsp3) is 0.0192. The standard InChI is InChI=1S/C52H34N4/c1-5-15-38(16-6-1)47-48(39-17-7-2-8-18-39)56-51(53-47)42-29-27-35(28-30-42)44-25-13-23-37-24-14-26-45(46(37)44)36-31-33-43(34-32-36)52(56)49(40-19-9-3-10-20-40)54-50(55-52)41-21-11-4-12-22-41/h1-34H. The SMILES string of the molecule is c1ccc(C2=NC3(C(c4ccccc4)=N2)c2ccc(cc2)-c2cccc4cccc(c24)-c2ccc(cc2)-c2nc(-c4ccccc4)c(-c4ccccc4)n23)cc1. The van der Waals surface area contributed by atoms with Crippen molar-refractivity contribution in [3.63, 3.8) is 0 Å². The van der Waals surface area contributed by atoms with E-state index in [1.807, 2.05) is 18.2 Å². The Morgan fingerprint density at radius 1 is 0.393 bits per heavy atom. The minimum Gasteiger partial charge on any atom is -0.288 e. The number of rotatable bonds is 4. The van der Waals surface area contributed by atoms with E-state index in [-0.39, 0.29) is 0 Å². The number of hydrogen-bond donors (Lipinski definition) is 0. The van der Waals surface area contributed by atoms with E-state index in [1.54, 1.807) is 0 Å². The van der Waals surface area contributed by atoms with E-state index < -0.39 is 5.66 Å². The molecule has 5 aliphatic rings. The molecule has 6 heterocycles. The second-order valence-electron chi connectivity index (χ2n) is 14.4. The van der Waals surface area contributed by atoms with Crippen molar-refractivity contribution in [2.24, 2.45) is 9.98 Å². The second kappa shape index (κ2) is 12.9. The molecule has 5 aliphatic heterocycles.